The number of hydrogen-bond donors (Lipinski definition) is 2. The molecule has 0 aromatic rings. The van der Waals surface area contributed by atoms with Crippen LogP contribution in [0.2, 0.25) is 0 Å². The highest BCUT2D eigenvalue weighted by molar-refractivity contribution is 7.46. The van der Waals surface area contributed by atoms with E-state index in [0.29, 0.717) is 0 Å². The monoisotopic (exact) mass is 392 g/mol. The standard InChI is InChI=1S/C21H45O4P/c1-4-7-10-13-14-17-20-21(25-26(22,23)24,18-15-11-8-5-2)19-16-12-9-6-3/h4-20H2,1-3H3,(H2,22,23,24). The highest BCUT2D eigenvalue weighted by atomic mass is 31.2. The summed E-state index contributed by atoms with van der Waals surface area (Å²) >= 11 is 0. The van der Waals surface area contributed by atoms with Crippen LogP contribution in [0.15, 0.2) is 0 Å². The molecular weight excluding hydrogens is 347 g/mol. The Hall–Kier alpha value is 0.110. The van der Waals surface area contributed by atoms with Crippen LogP contribution < -0.4 is 0 Å². The molecule has 0 aromatic carbocycles. The lowest BCUT2D eigenvalue weighted by Crippen LogP contribution is -2.32. The fourth-order valence-corrected chi connectivity index (χ4v) is 4.52. The molecule has 0 aliphatic heterocycles. The average molecular weight is 393 g/mol. The van der Waals surface area contributed by atoms with Crippen LogP contribution in [0.5, 0.6) is 0 Å². The maximum atomic E-state index is 11.7. The Balaban J connectivity index is 4.76. The van der Waals surface area contributed by atoms with Crippen LogP contribution in [-0.4, -0.2) is 15.4 Å². The average Bonchev–Trinajstić information content (AvgIpc) is 2.57. The van der Waals surface area contributed by atoms with E-state index in [4.69, 9.17) is 4.52 Å². The highest BCUT2D eigenvalue weighted by Gasteiger charge is 2.36. The second-order valence-corrected chi connectivity index (χ2v) is 9.07. The van der Waals surface area contributed by atoms with Crippen molar-refractivity contribution >= 4 is 7.82 Å². The van der Waals surface area contributed by atoms with Crippen LogP contribution in [-0.2, 0) is 9.09 Å². The van der Waals surface area contributed by atoms with E-state index in [1.54, 1.807) is 0 Å². The van der Waals surface area contributed by atoms with Crippen molar-refractivity contribution in [1.29, 1.82) is 0 Å². The first-order chi connectivity index (χ1) is 12.4. The molecular formula is C21H45O4P. The van der Waals surface area contributed by atoms with Crippen LogP contribution >= 0.6 is 7.82 Å². The van der Waals surface area contributed by atoms with Gasteiger partial charge in [-0.25, -0.2) is 4.57 Å². The van der Waals surface area contributed by atoms with Gasteiger partial charge < -0.3 is 9.79 Å². The minimum absolute atomic E-state index is 0.634. The summed E-state index contributed by atoms with van der Waals surface area (Å²) < 4.78 is 17.2. The maximum absolute atomic E-state index is 11.7. The molecule has 0 saturated heterocycles. The Kier molecular flexibility index (Phi) is 16.2. The summed E-state index contributed by atoms with van der Waals surface area (Å²) in [4.78, 5) is 19.0. The minimum atomic E-state index is -4.46. The third-order valence-corrected chi connectivity index (χ3v) is 5.90. The molecule has 0 amide bonds. The molecule has 0 atom stereocenters. The summed E-state index contributed by atoms with van der Waals surface area (Å²) in [7, 11) is -4.46. The quantitative estimate of drug-likeness (QED) is 0.176. The molecule has 0 bridgehead atoms. The molecule has 26 heavy (non-hydrogen) atoms. The van der Waals surface area contributed by atoms with E-state index >= 15 is 0 Å². The normalized spacial score (nSPS) is 12.7. The van der Waals surface area contributed by atoms with E-state index in [2.05, 4.69) is 20.8 Å². The van der Waals surface area contributed by atoms with Crippen LogP contribution in [0.3, 0.4) is 0 Å². The summed E-state index contributed by atoms with van der Waals surface area (Å²) in [5.74, 6) is 0. The van der Waals surface area contributed by atoms with Gasteiger partial charge in [0.05, 0.1) is 5.60 Å². The van der Waals surface area contributed by atoms with Gasteiger partial charge in [-0.1, -0.05) is 111 Å². The second-order valence-electron chi connectivity index (χ2n) is 7.90. The summed E-state index contributed by atoms with van der Waals surface area (Å²) in [5, 5.41) is 0. The third-order valence-electron chi connectivity index (χ3n) is 5.27. The van der Waals surface area contributed by atoms with E-state index in [-0.39, 0.29) is 0 Å². The van der Waals surface area contributed by atoms with E-state index in [0.717, 1.165) is 57.8 Å². The lowest BCUT2D eigenvalue weighted by molar-refractivity contribution is 0.00538. The fraction of sp³-hybridized carbons (Fsp3) is 1.00. The first-order valence-corrected chi connectivity index (χ1v) is 12.7. The van der Waals surface area contributed by atoms with Gasteiger partial charge in [0.1, 0.15) is 0 Å². The molecule has 0 rings (SSSR count). The number of hydrogen-bond acceptors (Lipinski definition) is 2. The van der Waals surface area contributed by atoms with E-state index in [9.17, 15) is 14.4 Å². The molecule has 0 saturated carbocycles. The Morgan fingerprint density at radius 3 is 1.27 bits per heavy atom. The van der Waals surface area contributed by atoms with E-state index < -0.39 is 13.4 Å². The molecule has 0 radical (unpaired) electrons. The lowest BCUT2D eigenvalue weighted by atomic mass is 9.85. The number of phosphoric acid groups is 1. The number of rotatable bonds is 19. The van der Waals surface area contributed by atoms with E-state index in [1.165, 1.54) is 51.4 Å². The van der Waals surface area contributed by atoms with Crippen molar-refractivity contribution in [2.75, 3.05) is 0 Å². The number of phosphoric ester groups is 1. The molecule has 158 valence electrons. The van der Waals surface area contributed by atoms with Crippen LogP contribution in [0.1, 0.15) is 130 Å². The van der Waals surface area contributed by atoms with Crippen molar-refractivity contribution in [1.82, 2.24) is 0 Å². The highest BCUT2D eigenvalue weighted by Crippen LogP contribution is 2.47. The van der Waals surface area contributed by atoms with Crippen LogP contribution in [0.25, 0.3) is 0 Å². The van der Waals surface area contributed by atoms with Gasteiger partial charge >= 0.3 is 7.82 Å². The van der Waals surface area contributed by atoms with Crippen molar-refractivity contribution in [2.24, 2.45) is 0 Å². The third kappa shape index (κ3) is 15.2. The molecule has 5 heteroatoms. The molecule has 0 aliphatic rings. The summed E-state index contributed by atoms with van der Waals surface area (Å²) in [6, 6.07) is 0. The van der Waals surface area contributed by atoms with Gasteiger partial charge in [0.25, 0.3) is 0 Å². The van der Waals surface area contributed by atoms with Crippen LogP contribution in [0.4, 0.5) is 0 Å². The fourth-order valence-electron chi connectivity index (χ4n) is 3.74. The predicted octanol–water partition coefficient (Wildman–Crippen LogP) is 7.53. The van der Waals surface area contributed by atoms with Gasteiger partial charge in [0.15, 0.2) is 0 Å². The Morgan fingerprint density at radius 1 is 0.615 bits per heavy atom. The van der Waals surface area contributed by atoms with E-state index in [1.807, 2.05) is 0 Å². The van der Waals surface area contributed by atoms with Gasteiger partial charge in [0.2, 0.25) is 0 Å². The minimum Gasteiger partial charge on any atom is -0.303 e. The molecule has 0 unspecified atom stereocenters. The van der Waals surface area contributed by atoms with Crippen molar-refractivity contribution in [3.63, 3.8) is 0 Å². The first kappa shape index (κ1) is 26.1. The largest absolute Gasteiger partial charge is 0.470 e. The topological polar surface area (TPSA) is 66.8 Å². The van der Waals surface area contributed by atoms with Gasteiger partial charge in [-0.2, -0.15) is 0 Å². The van der Waals surface area contributed by atoms with Gasteiger partial charge in [-0.05, 0) is 19.3 Å². The van der Waals surface area contributed by atoms with Crippen molar-refractivity contribution in [3.05, 3.63) is 0 Å². The van der Waals surface area contributed by atoms with Gasteiger partial charge in [0, 0.05) is 0 Å². The molecule has 4 nitrogen and oxygen atoms in total. The number of unbranched alkanes of at least 4 members (excludes halogenated alkanes) is 11. The molecule has 0 aliphatic carbocycles. The zero-order chi connectivity index (χ0) is 19.7. The van der Waals surface area contributed by atoms with Crippen LogP contribution in [0, 0.1) is 0 Å². The molecule has 0 aromatic heterocycles. The first-order valence-electron chi connectivity index (χ1n) is 11.2. The smallest absolute Gasteiger partial charge is 0.303 e. The summed E-state index contributed by atoms with van der Waals surface area (Å²) in [6.07, 6.45) is 18.4. The predicted molar refractivity (Wildman–Crippen MR) is 111 cm³/mol. The molecule has 2 N–H and O–H groups in total. The van der Waals surface area contributed by atoms with Crippen molar-refractivity contribution < 1.29 is 18.9 Å². The second kappa shape index (κ2) is 16.1. The van der Waals surface area contributed by atoms with Crippen molar-refractivity contribution in [3.8, 4) is 0 Å². The molecule has 0 spiro atoms. The SMILES string of the molecule is CCCCCCCCC(CCCCCC)(CCCCCC)OP(=O)(O)O. The summed E-state index contributed by atoms with van der Waals surface area (Å²) in [6.45, 7) is 6.58. The Labute approximate surface area is 162 Å². The Bertz CT molecular complexity index is 342. The Morgan fingerprint density at radius 2 is 0.923 bits per heavy atom. The van der Waals surface area contributed by atoms with Crippen molar-refractivity contribution in [2.45, 2.75) is 136 Å². The zero-order valence-electron chi connectivity index (χ0n) is 17.7. The van der Waals surface area contributed by atoms with Gasteiger partial charge in [-0.3, -0.25) is 4.52 Å². The maximum Gasteiger partial charge on any atom is 0.470 e. The lowest BCUT2D eigenvalue weighted by Gasteiger charge is -2.34. The molecule has 0 fully saturated rings. The van der Waals surface area contributed by atoms with Gasteiger partial charge in [-0.15, -0.1) is 0 Å². The summed E-state index contributed by atoms with van der Waals surface area (Å²) in [5.41, 5.74) is -0.634. The zero-order valence-corrected chi connectivity index (χ0v) is 18.6. The molecule has 0 heterocycles.